The fourth-order valence-corrected chi connectivity index (χ4v) is 4.87. The predicted molar refractivity (Wildman–Crippen MR) is 84.2 cm³/mol. The molecular formula is C18H26N2. The van der Waals surface area contributed by atoms with Gasteiger partial charge < -0.3 is 4.90 Å². The topological polar surface area (TPSA) is 6.48 Å². The zero-order valence-corrected chi connectivity index (χ0v) is 12.6. The summed E-state index contributed by atoms with van der Waals surface area (Å²) in [6.07, 6.45) is 6.05. The van der Waals surface area contributed by atoms with Crippen molar-refractivity contribution in [3.8, 4) is 0 Å². The van der Waals surface area contributed by atoms with Crippen molar-refractivity contribution < 1.29 is 0 Å². The Hall–Kier alpha value is -1.02. The Kier molecular flexibility index (Phi) is 3.22. The Labute approximate surface area is 122 Å². The number of piperazine rings is 1. The number of fused-ring (bicyclic) bond motifs is 2. The molecule has 20 heavy (non-hydrogen) atoms. The van der Waals surface area contributed by atoms with Crippen molar-refractivity contribution in [2.75, 3.05) is 31.1 Å². The van der Waals surface area contributed by atoms with E-state index in [1.54, 1.807) is 0 Å². The standard InChI is InChI=1S/C18H26N2/c1-14-4-2-3-5-17(14)19-8-10-20(11-9-19)18-13-15-6-7-16(18)12-15/h2-5,15-16,18H,6-13H2,1H3/t15-,16-,18+/m0/s1. The van der Waals surface area contributed by atoms with Crippen LogP contribution < -0.4 is 4.90 Å². The molecule has 3 aliphatic rings. The number of nitrogens with zero attached hydrogens (tertiary/aromatic N) is 2. The van der Waals surface area contributed by atoms with E-state index in [2.05, 4.69) is 41.0 Å². The second kappa shape index (κ2) is 5.07. The zero-order chi connectivity index (χ0) is 13.5. The molecule has 0 radical (unpaired) electrons. The third-order valence-corrected chi connectivity index (χ3v) is 5.94. The third-order valence-electron chi connectivity index (χ3n) is 5.94. The minimum atomic E-state index is 0.924. The number of benzene rings is 1. The van der Waals surface area contributed by atoms with Crippen LogP contribution in [0.5, 0.6) is 0 Å². The van der Waals surface area contributed by atoms with Gasteiger partial charge in [0, 0.05) is 37.9 Å². The molecule has 2 bridgehead atoms. The molecule has 4 rings (SSSR count). The van der Waals surface area contributed by atoms with E-state index in [0.717, 1.165) is 17.9 Å². The van der Waals surface area contributed by atoms with Crippen LogP contribution in [-0.2, 0) is 0 Å². The van der Waals surface area contributed by atoms with E-state index in [4.69, 9.17) is 0 Å². The fourth-order valence-electron chi connectivity index (χ4n) is 4.87. The molecule has 2 aliphatic carbocycles. The quantitative estimate of drug-likeness (QED) is 0.813. The van der Waals surface area contributed by atoms with Gasteiger partial charge in [0.25, 0.3) is 0 Å². The summed E-state index contributed by atoms with van der Waals surface area (Å²) >= 11 is 0. The van der Waals surface area contributed by atoms with Crippen LogP contribution >= 0.6 is 0 Å². The molecule has 2 heteroatoms. The van der Waals surface area contributed by atoms with Gasteiger partial charge in [-0.05, 0) is 49.7 Å². The number of aryl methyl sites for hydroxylation is 1. The molecule has 0 amide bonds. The summed E-state index contributed by atoms with van der Waals surface area (Å²) < 4.78 is 0. The first-order valence-corrected chi connectivity index (χ1v) is 8.36. The van der Waals surface area contributed by atoms with Crippen molar-refractivity contribution in [3.05, 3.63) is 29.8 Å². The normalized spacial score (nSPS) is 33.9. The number of anilines is 1. The maximum absolute atomic E-state index is 2.80. The van der Waals surface area contributed by atoms with Gasteiger partial charge in [-0.25, -0.2) is 0 Å². The largest absolute Gasteiger partial charge is 0.369 e. The number of para-hydroxylation sites is 1. The summed E-state index contributed by atoms with van der Waals surface area (Å²) in [5.74, 6) is 2.10. The van der Waals surface area contributed by atoms with Crippen LogP contribution in [0.1, 0.15) is 31.2 Å². The molecule has 1 saturated heterocycles. The van der Waals surface area contributed by atoms with Crippen molar-refractivity contribution in [2.45, 2.75) is 38.6 Å². The second-order valence-electron chi connectivity index (χ2n) is 7.05. The second-order valence-corrected chi connectivity index (χ2v) is 7.05. The molecule has 1 heterocycles. The maximum atomic E-state index is 2.80. The van der Waals surface area contributed by atoms with Gasteiger partial charge in [0.05, 0.1) is 0 Å². The lowest BCUT2D eigenvalue weighted by Crippen LogP contribution is -2.51. The molecule has 1 aromatic rings. The van der Waals surface area contributed by atoms with Crippen LogP contribution in [0, 0.1) is 18.8 Å². The SMILES string of the molecule is Cc1ccccc1N1CCN([C@@H]2C[C@H]3CC[C@H]2C3)CC1. The average molecular weight is 270 g/mol. The van der Waals surface area contributed by atoms with Crippen molar-refractivity contribution in [3.63, 3.8) is 0 Å². The van der Waals surface area contributed by atoms with Gasteiger partial charge in [-0.1, -0.05) is 24.6 Å². The molecule has 3 fully saturated rings. The number of rotatable bonds is 2. The third kappa shape index (κ3) is 2.14. The zero-order valence-electron chi connectivity index (χ0n) is 12.6. The van der Waals surface area contributed by atoms with Gasteiger partial charge in [-0.15, -0.1) is 0 Å². The first kappa shape index (κ1) is 12.7. The lowest BCUT2D eigenvalue weighted by atomic mass is 9.93. The molecule has 0 spiro atoms. The Balaban J connectivity index is 1.40. The smallest absolute Gasteiger partial charge is 0.0396 e. The first-order chi connectivity index (χ1) is 9.81. The van der Waals surface area contributed by atoms with Gasteiger partial charge in [0.15, 0.2) is 0 Å². The predicted octanol–water partition coefficient (Wildman–Crippen LogP) is 3.31. The molecule has 2 nitrogen and oxygen atoms in total. The first-order valence-electron chi connectivity index (χ1n) is 8.36. The van der Waals surface area contributed by atoms with Crippen molar-refractivity contribution in [2.24, 2.45) is 11.8 Å². The fraction of sp³-hybridized carbons (Fsp3) is 0.667. The van der Waals surface area contributed by atoms with Gasteiger partial charge in [0.1, 0.15) is 0 Å². The van der Waals surface area contributed by atoms with E-state index >= 15 is 0 Å². The van der Waals surface area contributed by atoms with Gasteiger partial charge in [-0.3, -0.25) is 4.90 Å². The highest BCUT2D eigenvalue weighted by Gasteiger charge is 2.42. The highest BCUT2D eigenvalue weighted by molar-refractivity contribution is 5.53. The molecule has 108 valence electrons. The monoisotopic (exact) mass is 270 g/mol. The highest BCUT2D eigenvalue weighted by atomic mass is 15.3. The number of hydrogen-bond donors (Lipinski definition) is 0. The molecule has 3 atom stereocenters. The average Bonchev–Trinajstić information content (AvgIpc) is 3.11. The Bertz CT molecular complexity index is 476. The van der Waals surface area contributed by atoms with Crippen molar-refractivity contribution >= 4 is 5.69 Å². The van der Waals surface area contributed by atoms with Crippen molar-refractivity contribution in [1.29, 1.82) is 0 Å². The molecule has 0 N–H and O–H groups in total. The summed E-state index contributed by atoms with van der Waals surface area (Å²) in [5, 5.41) is 0. The molecule has 0 unspecified atom stereocenters. The molecule has 0 aromatic heterocycles. The minimum absolute atomic E-state index is 0.924. The van der Waals surface area contributed by atoms with Gasteiger partial charge in [-0.2, -0.15) is 0 Å². The summed E-state index contributed by atoms with van der Waals surface area (Å²) in [6.45, 7) is 7.18. The van der Waals surface area contributed by atoms with Crippen LogP contribution in [0.2, 0.25) is 0 Å². The van der Waals surface area contributed by atoms with E-state index in [-0.39, 0.29) is 0 Å². The Morgan fingerprint density at radius 2 is 1.75 bits per heavy atom. The van der Waals surface area contributed by atoms with Crippen molar-refractivity contribution in [1.82, 2.24) is 4.90 Å². The minimum Gasteiger partial charge on any atom is -0.369 e. The van der Waals surface area contributed by atoms with Crippen LogP contribution in [0.4, 0.5) is 5.69 Å². The lowest BCUT2D eigenvalue weighted by Gasteiger charge is -2.42. The van der Waals surface area contributed by atoms with Gasteiger partial charge >= 0.3 is 0 Å². The van der Waals surface area contributed by atoms with Crippen LogP contribution in [0.3, 0.4) is 0 Å². The Morgan fingerprint density at radius 3 is 2.40 bits per heavy atom. The molecule has 1 aromatic carbocycles. The molecule has 1 aliphatic heterocycles. The lowest BCUT2D eigenvalue weighted by molar-refractivity contribution is 0.135. The maximum Gasteiger partial charge on any atom is 0.0396 e. The van der Waals surface area contributed by atoms with Crippen LogP contribution in [0.25, 0.3) is 0 Å². The summed E-state index contributed by atoms with van der Waals surface area (Å²) in [4.78, 5) is 5.39. The summed E-state index contributed by atoms with van der Waals surface area (Å²) in [7, 11) is 0. The van der Waals surface area contributed by atoms with E-state index < -0.39 is 0 Å². The molecule has 2 saturated carbocycles. The Morgan fingerprint density at radius 1 is 0.950 bits per heavy atom. The number of hydrogen-bond acceptors (Lipinski definition) is 2. The summed E-state index contributed by atoms with van der Waals surface area (Å²) in [6, 6.07) is 9.75. The molecular weight excluding hydrogens is 244 g/mol. The van der Waals surface area contributed by atoms with E-state index in [0.29, 0.717) is 0 Å². The highest BCUT2D eigenvalue weighted by Crippen LogP contribution is 2.46. The van der Waals surface area contributed by atoms with Crippen LogP contribution in [-0.4, -0.2) is 37.1 Å². The van der Waals surface area contributed by atoms with Gasteiger partial charge in [0.2, 0.25) is 0 Å². The summed E-state index contributed by atoms with van der Waals surface area (Å²) in [5.41, 5.74) is 2.86. The van der Waals surface area contributed by atoms with E-state index in [1.165, 1.54) is 63.1 Å². The van der Waals surface area contributed by atoms with E-state index in [1.807, 2.05) is 0 Å². The van der Waals surface area contributed by atoms with E-state index in [9.17, 15) is 0 Å². The van der Waals surface area contributed by atoms with Crippen LogP contribution in [0.15, 0.2) is 24.3 Å².